The highest BCUT2D eigenvalue weighted by Crippen LogP contribution is 2.31. The standard InChI is InChI=1S/C20H22N2O3S.C2HF3O2/c1-25-20-11-10-19-17(18(20)14-21-15-6-5-7-15)12-13-22(19)26(23,24)16-8-3-2-4-9-16;3-2(4,5)1(6)7/h2-4,8-13,15,21H,5-7,14H2,1H3;(H,6,7). The van der Waals surface area contributed by atoms with Crippen molar-refractivity contribution in [3.05, 3.63) is 60.3 Å². The summed E-state index contributed by atoms with van der Waals surface area (Å²) in [5.41, 5.74) is 1.67. The molecule has 0 bridgehead atoms. The van der Waals surface area contributed by atoms with Crippen molar-refractivity contribution in [2.45, 2.75) is 42.9 Å². The molecule has 33 heavy (non-hydrogen) atoms. The van der Waals surface area contributed by atoms with Crippen molar-refractivity contribution in [3.8, 4) is 5.75 Å². The number of alkyl halides is 3. The maximum atomic E-state index is 13.0. The fourth-order valence-corrected chi connectivity index (χ4v) is 4.75. The molecule has 1 aliphatic carbocycles. The first-order valence-corrected chi connectivity index (χ1v) is 11.5. The third-order valence-corrected chi connectivity index (χ3v) is 7.04. The van der Waals surface area contributed by atoms with Crippen LogP contribution in [0.15, 0.2) is 59.6 Å². The number of benzene rings is 2. The minimum atomic E-state index is -5.08. The van der Waals surface area contributed by atoms with E-state index in [-0.39, 0.29) is 4.90 Å². The van der Waals surface area contributed by atoms with Crippen LogP contribution in [0.2, 0.25) is 0 Å². The number of methoxy groups -OCH3 is 1. The van der Waals surface area contributed by atoms with E-state index in [1.54, 1.807) is 37.6 Å². The Labute approximate surface area is 188 Å². The average molecular weight is 484 g/mol. The number of halogens is 3. The van der Waals surface area contributed by atoms with Crippen molar-refractivity contribution in [2.75, 3.05) is 7.11 Å². The predicted molar refractivity (Wildman–Crippen MR) is 116 cm³/mol. The van der Waals surface area contributed by atoms with Gasteiger partial charge in [-0.25, -0.2) is 17.2 Å². The van der Waals surface area contributed by atoms with Gasteiger partial charge in [-0.2, -0.15) is 13.2 Å². The van der Waals surface area contributed by atoms with E-state index in [9.17, 15) is 21.6 Å². The first kappa shape index (κ1) is 24.6. The number of aromatic nitrogens is 1. The van der Waals surface area contributed by atoms with Gasteiger partial charge < -0.3 is 15.2 Å². The highest BCUT2D eigenvalue weighted by atomic mass is 32.2. The van der Waals surface area contributed by atoms with Crippen LogP contribution in [0.1, 0.15) is 24.8 Å². The van der Waals surface area contributed by atoms with Gasteiger partial charge in [0.15, 0.2) is 0 Å². The Morgan fingerprint density at radius 2 is 1.79 bits per heavy atom. The van der Waals surface area contributed by atoms with Crippen molar-refractivity contribution in [3.63, 3.8) is 0 Å². The smallest absolute Gasteiger partial charge is 0.490 e. The summed E-state index contributed by atoms with van der Waals surface area (Å²) in [5, 5.41) is 11.6. The average Bonchev–Trinajstić information content (AvgIpc) is 3.18. The lowest BCUT2D eigenvalue weighted by Gasteiger charge is -2.27. The molecule has 1 aromatic heterocycles. The molecule has 3 aromatic rings. The number of rotatable bonds is 6. The van der Waals surface area contributed by atoms with Crippen LogP contribution in [0.3, 0.4) is 0 Å². The Hall–Kier alpha value is -3.05. The highest BCUT2D eigenvalue weighted by molar-refractivity contribution is 7.90. The predicted octanol–water partition coefficient (Wildman–Crippen LogP) is 4.16. The zero-order valence-electron chi connectivity index (χ0n) is 17.7. The number of carboxylic acid groups (broad SMARTS) is 1. The van der Waals surface area contributed by atoms with Gasteiger partial charge in [0.25, 0.3) is 10.0 Å². The summed E-state index contributed by atoms with van der Waals surface area (Å²) in [5.74, 6) is -1.98. The van der Waals surface area contributed by atoms with Crippen molar-refractivity contribution in [1.29, 1.82) is 0 Å². The van der Waals surface area contributed by atoms with Gasteiger partial charge in [-0.15, -0.1) is 0 Å². The molecular weight excluding hydrogens is 461 g/mol. The van der Waals surface area contributed by atoms with Gasteiger partial charge in [0.1, 0.15) is 5.75 Å². The van der Waals surface area contributed by atoms with Gasteiger partial charge in [-0.05, 0) is 43.2 Å². The highest BCUT2D eigenvalue weighted by Gasteiger charge is 2.38. The topological polar surface area (TPSA) is 97.6 Å². The minimum absolute atomic E-state index is 0.280. The summed E-state index contributed by atoms with van der Waals surface area (Å²) in [6, 6.07) is 14.6. The maximum Gasteiger partial charge on any atom is 0.490 e. The molecule has 0 aliphatic heterocycles. The number of nitrogens with zero attached hydrogens (tertiary/aromatic N) is 1. The van der Waals surface area contributed by atoms with Crippen molar-refractivity contribution in [1.82, 2.24) is 9.29 Å². The van der Waals surface area contributed by atoms with E-state index in [4.69, 9.17) is 14.6 Å². The minimum Gasteiger partial charge on any atom is -0.496 e. The fourth-order valence-electron chi connectivity index (χ4n) is 3.38. The monoisotopic (exact) mass is 484 g/mol. The zero-order chi connectivity index (χ0) is 24.2. The molecule has 7 nitrogen and oxygen atoms in total. The summed E-state index contributed by atoms with van der Waals surface area (Å²) >= 11 is 0. The molecule has 1 saturated carbocycles. The second-order valence-electron chi connectivity index (χ2n) is 7.42. The van der Waals surface area contributed by atoms with E-state index < -0.39 is 22.2 Å². The molecule has 0 saturated heterocycles. The number of ether oxygens (including phenoxy) is 1. The lowest BCUT2D eigenvalue weighted by molar-refractivity contribution is -0.192. The number of aliphatic carboxylic acids is 1. The van der Waals surface area contributed by atoms with Crippen LogP contribution >= 0.6 is 0 Å². The second-order valence-corrected chi connectivity index (χ2v) is 9.24. The number of carbonyl (C=O) groups is 1. The molecule has 11 heteroatoms. The normalized spacial score (nSPS) is 14.3. The first-order valence-electron chi connectivity index (χ1n) is 10.1. The Balaban J connectivity index is 0.000000383. The van der Waals surface area contributed by atoms with Gasteiger partial charge in [-0.1, -0.05) is 24.6 Å². The van der Waals surface area contributed by atoms with Gasteiger partial charge in [0.2, 0.25) is 0 Å². The number of fused-ring (bicyclic) bond motifs is 1. The van der Waals surface area contributed by atoms with Crippen LogP contribution in [0.4, 0.5) is 13.2 Å². The largest absolute Gasteiger partial charge is 0.496 e. The molecular formula is C22H23F3N2O5S. The van der Waals surface area contributed by atoms with Crippen LogP contribution in [0.25, 0.3) is 10.9 Å². The summed E-state index contributed by atoms with van der Waals surface area (Å²) in [6.45, 7) is 0.667. The molecule has 0 radical (unpaired) electrons. The lowest BCUT2D eigenvalue weighted by atomic mass is 9.93. The van der Waals surface area contributed by atoms with E-state index >= 15 is 0 Å². The van der Waals surface area contributed by atoms with Crippen LogP contribution < -0.4 is 10.1 Å². The lowest BCUT2D eigenvalue weighted by Crippen LogP contribution is -2.34. The van der Waals surface area contributed by atoms with Crippen molar-refractivity contribution < 1.29 is 36.2 Å². The molecule has 2 N–H and O–H groups in total. The molecule has 0 atom stereocenters. The van der Waals surface area contributed by atoms with E-state index in [1.807, 2.05) is 24.3 Å². The van der Waals surface area contributed by atoms with E-state index in [0.29, 0.717) is 18.1 Å². The third kappa shape index (κ3) is 5.48. The van der Waals surface area contributed by atoms with Crippen molar-refractivity contribution in [2.24, 2.45) is 0 Å². The maximum absolute atomic E-state index is 13.0. The summed E-state index contributed by atoms with van der Waals surface area (Å²) in [6.07, 6.45) is 0.202. The van der Waals surface area contributed by atoms with Crippen LogP contribution in [-0.2, 0) is 21.4 Å². The molecule has 4 rings (SSSR count). The molecule has 0 spiro atoms. The molecule has 1 aliphatic rings. The van der Waals surface area contributed by atoms with Crippen LogP contribution in [0.5, 0.6) is 5.75 Å². The molecule has 1 fully saturated rings. The number of hydrogen-bond acceptors (Lipinski definition) is 5. The third-order valence-electron chi connectivity index (χ3n) is 5.34. The Morgan fingerprint density at radius 3 is 2.30 bits per heavy atom. The second kappa shape index (κ2) is 9.84. The van der Waals surface area contributed by atoms with Crippen LogP contribution in [-0.4, -0.2) is 42.8 Å². The molecule has 1 heterocycles. The van der Waals surface area contributed by atoms with Gasteiger partial charge in [-0.3, -0.25) is 0 Å². The fraction of sp³-hybridized carbons (Fsp3) is 0.318. The van der Waals surface area contributed by atoms with E-state index in [0.717, 1.165) is 16.7 Å². The zero-order valence-corrected chi connectivity index (χ0v) is 18.5. The Bertz CT molecular complexity index is 1220. The number of carboxylic acids is 1. The molecule has 0 unspecified atom stereocenters. The van der Waals surface area contributed by atoms with E-state index in [1.165, 1.54) is 23.2 Å². The number of hydrogen-bond donors (Lipinski definition) is 2. The Kier molecular flexibility index (Phi) is 7.33. The molecule has 2 aromatic carbocycles. The number of nitrogens with one attached hydrogen (secondary N) is 1. The quantitative estimate of drug-likeness (QED) is 0.545. The summed E-state index contributed by atoms with van der Waals surface area (Å²) < 4.78 is 64.6. The first-order chi connectivity index (χ1) is 15.6. The molecule has 0 amide bonds. The molecule has 178 valence electrons. The summed E-state index contributed by atoms with van der Waals surface area (Å²) in [7, 11) is -1.98. The van der Waals surface area contributed by atoms with Gasteiger partial charge in [0, 0.05) is 29.7 Å². The van der Waals surface area contributed by atoms with E-state index in [2.05, 4.69) is 5.32 Å². The summed E-state index contributed by atoms with van der Waals surface area (Å²) in [4.78, 5) is 9.18. The Morgan fingerprint density at radius 1 is 1.15 bits per heavy atom. The SMILES string of the molecule is COc1ccc2c(ccn2S(=O)(=O)c2ccccc2)c1CNC1CCC1.O=C(O)C(F)(F)F. The van der Waals surface area contributed by atoms with Crippen LogP contribution in [0, 0.1) is 0 Å². The van der Waals surface area contributed by atoms with Gasteiger partial charge in [0.05, 0.1) is 17.5 Å². The van der Waals surface area contributed by atoms with Crippen molar-refractivity contribution >= 4 is 26.9 Å². The van der Waals surface area contributed by atoms with Gasteiger partial charge >= 0.3 is 12.1 Å².